The van der Waals surface area contributed by atoms with E-state index in [2.05, 4.69) is 44.2 Å². The Morgan fingerprint density at radius 2 is 1.97 bits per heavy atom. The Morgan fingerprint density at radius 1 is 1.15 bits per heavy atom. The molecule has 4 aromatic rings. The van der Waals surface area contributed by atoms with Crippen LogP contribution in [0.3, 0.4) is 0 Å². The van der Waals surface area contributed by atoms with Crippen LogP contribution in [-0.2, 0) is 17.1 Å². The van der Waals surface area contributed by atoms with Crippen molar-refractivity contribution in [1.29, 1.82) is 0 Å². The van der Waals surface area contributed by atoms with E-state index in [0.717, 1.165) is 34.5 Å². The van der Waals surface area contributed by atoms with E-state index in [-0.39, 0.29) is 10.9 Å². The highest BCUT2D eigenvalue weighted by molar-refractivity contribution is 7.92. The fourth-order valence-electron chi connectivity index (χ4n) is 4.13. The zero-order valence-electron chi connectivity index (χ0n) is 19.0. The molecule has 10 heteroatoms. The smallest absolute Gasteiger partial charge is 0.265 e. The summed E-state index contributed by atoms with van der Waals surface area (Å²) in [5.41, 5.74) is 4.06. The molecule has 0 radical (unpaired) electrons. The molecule has 172 valence electrons. The quantitative estimate of drug-likeness (QED) is 0.483. The number of likely N-dealkylation sites (N-methyl/N-ethyl adjacent to an activating group) is 1. The molecule has 1 aliphatic rings. The lowest BCUT2D eigenvalue weighted by atomic mass is 10.0. The molecule has 0 unspecified atom stereocenters. The maximum Gasteiger partial charge on any atom is 0.265 e. The van der Waals surface area contributed by atoms with Gasteiger partial charge in [0, 0.05) is 44.3 Å². The average Bonchev–Trinajstić information content (AvgIpc) is 3.39. The average molecular weight is 467 g/mol. The largest absolute Gasteiger partial charge is 0.490 e. The van der Waals surface area contributed by atoms with Crippen LogP contribution in [-0.4, -0.2) is 47.9 Å². The van der Waals surface area contributed by atoms with Gasteiger partial charge in [-0.25, -0.2) is 13.4 Å². The van der Waals surface area contributed by atoms with Crippen molar-refractivity contribution in [3.05, 3.63) is 49.1 Å². The molecule has 4 heterocycles. The Balaban J connectivity index is 1.69. The van der Waals surface area contributed by atoms with E-state index in [0.29, 0.717) is 17.9 Å². The third-order valence-corrected chi connectivity index (χ3v) is 7.19. The van der Waals surface area contributed by atoms with Crippen LogP contribution >= 0.6 is 0 Å². The fourth-order valence-corrected chi connectivity index (χ4v) is 5.19. The summed E-state index contributed by atoms with van der Waals surface area (Å²) in [4.78, 5) is 6.86. The number of rotatable bonds is 5. The van der Waals surface area contributed by atoms with Crippen LogP contribution in [0.15, 0.2) is 53.9 Å². The summed E-state index contributed by atoms with van der Waals surface area (Å²) in [6.45, 7) is 5.61. The summed E-state index contributed by atoms with van der Waals surface area (Å²) in [7, 11) is -0.0945. The van der Waals surface area contributed by atoms with Gasteiger partial charge in [0.15, 0.2) is 0 Å². The van der Waals surface area contributed by atoms with Crippen LogP contribution in [0.4, 0.5) is 11.4 Å². The minimum absolute atomic E-state index is 0.104. The van der Waals surface area contributed by atoms with Gasteiger partial charge in [-0.1, -0.05) is 6.07 Å². The molecular weight excluding hydrogens is 440 g/mol. The Hall–Kier alpha value is -3.53. The first kappa shape index (κ1) is 21.3. The first-order chi connectivity index (χ1) is 15.7. The van der Waals surface area contributed by atoms with Crippen LogP contribution in [0, 0.1) is 0 Å². The van der Waals surface area contributed by atoms with Gasteiger partial charge in [0.05, 0.1) is 29.5 Å². The normalized spacial score (nSPS) is 13.9. The topological polar surface area (TPSA) is 94.3 Å². The summed E-state index contributed by atoms with van der Waals surface area (Å²) in [5.74, 6) is 0.843. The molecule has 0 saturated heterocycles. The van der Waals surface area contributed by atoms with Crippen LogP contribution in [0.1, 0.15) is 19.9 Å². The lowest BCUT2D eigenvalue weighted by Gasteiger charge is -2.28. The van der Waals surface area contributed by atoms with Crippen molar-refractivity contribution in [2.24, 2.45) is 7.05 Å². The van der Waals surface area contributed by atoms with E-state index in [1.807, 2.05) is 25.4 Å². The molecule has 1 aliphatic heterocycles. The van der Waals surface area contributed by atoms with Gasteiger partial charge >= 0.3 is 0 Å². The summed E-state index contributed by atoms with van der Waals surface area (Å²) >= 11 is 0. The van der Waals surface area contributed by atoms with Gasteiger partial charge in [-0.2, -0.15) is 5.10 Å². The number of hydrogen-bond donors (Lipinski definition) is 1. The molecule has 1 aromatic carbocycles. The highest BCUT2D eigenvalue weighted by Gasteiger charge is 2.23. The Labute approximate surface area is 192 Å². The number of fused-ring (bicyclic) bond motifs is 2. The predicted octanol–water partition coefficient (Wildman–Crippen LogP) is 3.65. The second-order valence-corrected chi connectivity index (χ2v) is 10.2. The molecule has 5 rings (SSSR count). The van der Waals surface area contributed by atoms with E-state index in [1.165, 1.54) is 17.1 Å². The zero-order chi connectivity index (χ0) is 23.3. The maximum absolute atomic E-state index is 13.1. The van der Waals surface area contributed by atoms with Crippen molar-refractivity contribution in [2.75, 3.05) is 29.8 Å². The maximum atomic E-state index is 13.1. The number of hydrogen-bond acceptors (Lipinski definition) is 6. The van der Waals surface area contributed by atoms with Gasteiger partial charge in [0.1, 0.15) is 22.9 Å². The van der Waals surface area contributed by atoms with Gasteiger partial charge in [0.2, 0.25) is 0 Å². The lowest BCUT2D eigenvalue weighted by Crippen LogP contribution is -2.28. The van der Waals surface area contributed by atoms with E-state index in [1.54, 1.807) is 19.3 Å². The highest BCUT2D eigenvalue weighted by Crippen LogP contribution is 2.41. The van der Waals surface area contributed by atoms with Crippen molar-refractivity contribution in [1.82, 2.24) is 19.3 Å². The number of nitrogens with one attached hydrogen (secondary N) is 1. The van der Waals surface area contributed by atoms with Crippen LogP contribution < -0.4 is 14.4 Å². The summed E-state index contributed by atoms with van der Waals surface area (Å²) < 4.78 is 38.2. The molecule has 0 bridgehead atoms. The van der Waals surface area contributed by atoms with E-state index < -0.39 is 10.0 Å². The van der Waals surface area contributed by atoms with Crippen molar-refractivity contribution >= 4 is 32.4 Å². The van der Waals surface area contributed by atoms with Crippen molar-refractivity contribution in [3.63, 3.8) is 0 Å². The van der Waals surface area contributed by atoms with Crippen molar-refractivity contribution in [3.8, 4) is 16.9 Å². The van der Waals surface area contributed by atoms with E-state index in [4.69, 9.17) is 4.74 Å². The first-order valence-electron chi connectivity index (χ1n) is 10.7. The zero-order valence-corrected chi connectivity index (χ0v) is 19.8. The number of pyridine rings is 1. The SMILES string of the molecule is CC(C)n1cc(-c2ccc3c(c2)N(C)CCO3)c2c(NS(=O)(=O)c3cnn(C)c3)ccnc21. The molecule has 0 amide bonds. The van der Waals surface area contributed by atoms with Crippen molar-refractivity contribution < 1.29 is 13.2 Å². The summed E-state index contributed by atoms with van der Waals surface area (Å²) in [5, 5.41) is 4.74. The standard InChI is InChI=1S/C23H26N6O3S/c1-15(2)29-14-18(16-5-6-21-20(11-16)27(3)9-10-32-21)22-19(7-8-24-23(22)29)26-33(30,31)17-12-25-28(4)13-17/h5-8,11-15H,9-10H2,1-4H3,(H,24,26). The second-order valence-electron chi connectivity index (χ2n) is 8.51. The van der Waals surface area contributed by atoms with Gasteiger partial charge < -0.3 is 14.2 Å². The molecule has 0 spiro atoms. The number of anilines is 2. The Bertz CT molecular complexity index is 1450. The number of aryl methyl sites for hydroxylation is 1. The molecule has 0 aliphatic carbocycles. The number of nitrogens with zero attached hydrogens (tertiary/aromatic N) is 5. The molecule has 0 saturated carbocycles. The molecule has 0 atom stereocenters. The highest BCUT2D eigenvalue weighted by atomic mass is 32.2. The Kier molecular flexibility index (Phi) is 5.04. The van der Waals surface area contributed by atoms with Gasteiger partial charge in [-0.3, -0.25) is 9.40 Å². The number of aromatic nitrogens is 4. The van der Waals surface area contributed by atoms with E-state index >= 15 is 0 Å². The van der Waals surface area contributed by atoms with Crippen LogP contribution in [0.25, 0.3) is 22.2 Å². The van der Waals surface area contributed by atoms with Crippen LogP contribution in [0.5, 0.6) is 5.75 Å². The monoisotopic (exact) mass is 466 g/mol. The van der Waals surface area contributed by atoms with Gasteiger partial charge in [0.25, 0.3) is 10.0 Å². The van der Waals surface area contributed by atoms with Gasteiger partial charge in [-0.05, 0) is 37.6 Å². The molecule has 3 aromatic heterocycles. The van der Waals surface area contributed by atoms with Gasteiger partial charge in [-0.15, -0.1) is 0 Å². The predicted molar refractivity (Wildman–Crippen MR) is 128 cm³/mol. The lowest BCUT2D eigenvalue weighted by molar-refractivity contribution is 0.311. The van der Waals surface area contributed by atoms with Crippen molar-refractivity contribution in [2.45, 2.75) is 24.8 Å². The third-order valence-electron chi connectivity index (χ3n) is 5.87. The number of ether oxygens (including phenoxy) is 1. The van der Waals surface area contributed by atoms with Crippen LogP contribution in [0.2, 0.25) is 0 Å². The number of benzene rings is 1. The molecule has 1 N–H and O–H groups in total. The second kappa shape index (κ2) is 7.80. The minimum atomic E-state index is -3.82. The molecule has 0 fully saturated rings. The molecule has 9 nitrogen and oxygen atoms in total. The third kappa shape index (κ3) is 3.70. The Morgan fingerprint density at radius 3 is 2.70 bits per heavy atom. The summed E-state index contributed by atoms with van der Waals surface area (Å²) in [6.07, 6.45) is 6.47. The van der Waals surface area contributed by atoms with E-state index in [9.17, 15) is 8.42 Å². The summed E-state index contributed by atoms with van der Waals surface area (Å²) in [6, 6.07) is 7.89. The molecular formula is C23H26N6O3S. The minimum Gasteiger partial charge on any atom is -0.490 e. The molecule has 33 heavy (non-hydrogen) atoms. The first-order valence-corrected chi connectivity index (χ1v) is 12.2. The fraction of sp³-hybridized carbons (Fsp3) is 0.304. The number of sulfonamides is 1.